The van der Waals surface area contributed by atoms with Crippen molar-refractivity contribution in [1.82, 2.24) is 0 Å². The molecule has 3 rings (SSSR count). The lowest BCUT2D eigenvalue weighted by Gasteiger charge is -2.38. The molecule has 0 spiro atoms. The molecule has 2 fully saturated rings. The molecule has 2 aliphatic rings. The second-order valence-corrected chi connectivity index (χ2v) is 8.05. The van der Waals surface area contributed by atoms with E-state index in [0.29, 0.717) is 0 Å². The smallest absolute Gasteiger partial charge is 0.0337 e. The first-order valence-electron chi connectivity index (χ1n) is 10.1. The maximum absolute atomic E-state index is 3.22. The van der Waals surface area contributed by atoms with Crippen molar-refractivity contribution < 1.29 is 0 Å². The van der Waals surface area contributed by atoms with Crippen LogP contribution in [-0.4, -0.2) is 7.05 Å². The van der Waals surface area contributed by atoms with Gasteiger partial charge in [0.2, 0.25) is 0 Å². The average Bonchev–Trinajstić information content (AvgIpc) is 2.63. The maximum atomic E-state index is 3.22. The van der Waals surface area contributed by atoms with E-state index in [0.717, 1.165) is 23.7 Å². The van der Waals surface area contributed by atoms with E-state index in [-0.39, 0.29) is 0 Å². The molecule has 0 amide bonds. The van der Waals surface area contributed by atoms with Crippen molar-refractivity contribution in [3.8, 4) is 0 Å². The van der Waals surface area contributed by atoms with Crippen LogP contribution in [0, 0.1) is 17.8 Å². The summed E-state index contributed by atoms with van der Waals surface area (Å²) in [6.45, 7) is 2.34. The van der Waals surface area contributed by atoms with Gasteiger partial charge in [0.05, 0.1) is 0 Å². The first kappa shape index (κ1) is 16.9. The minimum Gasteiger partial charge on any atom is -0.388 e. The predicted molar refractivity (Wildman–Crippen MR) is 101 cm³/mol. The van der Waals surface area contributed by atoms with E-state index < -0.39 is 0 Å². The normalized spacial score (nSPS) is 31.7. The van der Waals surface area contributed by atoms with Gasteiger partial charge in [0.15, 0.2) is 0 Å². The van der Waals surface area contributed by atoms with Gasteiger partial charge in [-0.05, 0) is 79.9 Å². The molecule has 0 bridgehead atoms. The van der Waals surface area contributed by atoms with Crippen LogP contribution in [0.5, 0.6) is 0 Å². The Morgan fingerprint density at radius 2 is 1.39 bits per heavy atom. The topological polar surface area (TPSA) is 12.0 Å². The molecule has 0 unspecified atom stereocenters. The van der Waals surface area contributed by atoms with Gasteiger partial charge in [-0.25, -0.2) is 0 Å². The van der Waals surface area contributed by atoms with Gasteiger partial charge in [0.1, 0.15) is 0 Å². The van der Waals surface area contributed by atoms with Crippen molar-refractivity contribution in [3.05, 3.63) is 29.8 Å². The summed E-state index contributed by atoms with van der Waals surface area (Å²) in [4.78, 5) is 0. The highest BCUT2D eigenvalue weighted by molar-refractivity contribution is 5.44. The largest absolute Gasteiger partial charge is 0.388 e. The van der Waals surface area contributed by atoms with Gasteiger partial charge < -0.3 is 5.32 Å². The number of hydrogen-bond donors (Lipinski definition) is 1. The Morgan fingerprint density at radius 1 is 0.826 bits per heavy atom. The first-order chi connectivity index (χ1) is 11.3. The third-order valence-corrected chi connectivity index (χ3v) is 6.70. The summed E-state index contributed by atoms with van der Waals surface area (Å²) >= 11 is 0. The van der Waals surface area contributed by atoms with E-state index >= 15 is 0 Å². The van der Waals surface area contributed by atoms with Gasteiger partial charge in [0, 0.05) is 12.7 Å². The van der Waals surface area contributed by atoms with E-state index in [1.165, 1.54) is 69.9 Å². The van der Waals surface area contributed by atoms with Crippen LogP contribution >= 0.6 is 0 Å². The Bertz CT molecular complexity index is 447. The number of hydrogen-bond acceptors (Lipinski definition) is 1. The zero-order valence-electron chi connectivity index (χ0n) is 15.2. The van der Waals surface area contributed by atoms with Crippen LogP contribution < -0.4 is 5.32 Å². The predicted octanol–water partition coefficient (Wildman–Crippen LogP) is 6.61. The number of rotatable bonds is 5. The molecule has 23 heavy (non-hydrogen) atoms. The van der Waals surface area contributed by atoms with Crippen LogP contribution in [0.3, 0.4) is 0 Å². The van der Waals surface area contributed by atoms with Crippen molar-refractivity contribution in [2.24, 2.45) is 17.8 Å². The summed E-state index contributed by atoms with van der Waals surface area (Å²) in [6.07, 6.45) is 14.7. The van der Waals surface area contributed by atoms with E-state index in [2.05, 4.69) is 36.5 Å². The van der Waals surface area contributed by atoms with Crippen LogP contribution in [-0.2, 0) is 0 Å². The third kappa shape index (κ3) is 4.31. The highest BCUT2D eigenvalue weighted by Crippen LogP contribution is 2.44. The number of anilines is 1. The fraction of sp³-hybridized carbons (Fsp3) is 0.727. The van der Waals surface area contributed by atoms with Gasteiger partial charge in [-0.2, -0.15) is 0 Å². The van der Waals surface area contributed by atoms with Crippen LogP contribution in [0.4, 0.5) is 5.69 Å². The molecule has 2 aliphatic carbocycles. The number of benzene rings is 1. The van der Waals surface area contributed by atoms with Gasteiger partial charge >= 0.3 is 0 Å². The Morgan fingerprint density at radius 3 is 1.91 bits per heavy atom. The Balaban J connectivity index is 1.46. The van der Waals surface area contributed by atoms with Crippen LogP contribution in [0.25, 0.3) is 0 Å². The summed E-state index contributed by atoms with van der Waals surface area (Å²) in [6, 6.07) is 9.15. The SMILES string of the molecule is CCCC1CCC(C2CCC(c3ccc(NC)cc3)CC2)CC1. The molecule has 1 nitrogen and oxygen atoms in total. The highest BCUT2D eigenvalue weighted by Gasteiger charge is 2.30. The summed E-state index contributed by atoms with van der Waals surface area (Å²) in [5.74, 6) is 3.95. The standard InChI is InChI=1S/C22H35N/c1-3-4-17-5-7-18(8-6-17)19-9-11-20(12-10-19)21-13-15-22(23-2)16-14-21/h13-20,23H,3-12H2,1-2H3. The summed E-state index contributed by atoms with van der Waals surface area (Å²) in [5, 5.41) is 3.22. The molecule has 1 aromatic rings. The molecule has 128 valence electrons. The third-order valence-electron chi connectivity index (χ3n) is 6.70. The van der Waals surface area contributed by atoms with E-state index in [9.17, 15) is 0 Å². The van der Waals surface area contributed by atoms with Gasteiger partial charge in [0.25, 0.3) is 0 Å². The second-order valence-electron chi connectivity index (χ2n) is 8.05. The zero-order valence-corrected chi connectivity index (χ0v) is 15.2. The molecule has 1 aromatic carbocycles. The molecule has 0 radical (unpaired) electrons. The van der Waals surface area contributed by atoms with Crippen LogP contribution in [0.2, 0.25) is 0 Å². The quantitative estimate of drug-likeness (QED) is 0.645. The maximum Gasteiger partial charge on any atom is 0.0337 e. The van der Waals surface area contributed by atoms with Gasteiger partial charge in [-0.3, -0.25) is 0 Å². The molecule has 2 saturated carbocycles. The van der Waals surface area contributed by atoms with Gasteiger partial charge in [-0.15, -0.1) is 0 Å². The zero-order chi connectivity index (χ0) is 16.1. The minimum atomic E-state index is 0.814. The lowest BCUT2D eigenvalue weighted by Crippen LogP contribution is -2.25. The fourth-order valence-corrected chi connectivity index (χ4v) is 5.20. The molecule has 0 saturated heterocycles. The van der Waals surface area contributed by atoms with E-state index in [1.54, 1.807) is 5.56 Å². The van der Waals surface area contributed by atoms with Crippen LogP contribution in [0.15, 0.2) is 24.3 Å². The first-order valence-corrected chi connectivity index (χ1v) is 10.1. The second kappa shape index (κ2) is 8.22. The molecule has 0 aromatic heterocycles. The Labute approximate surface area is 143 Å². The van der Waals surface area contributed by atoms with Crippen LogP contribution in [0.1, 0.15) is 82.6 Å². The minimum absolute atomic E-state index is 0.814. The van der Waals surface area contributed by atoms with Crippen molar-refractivity contribution in [2.75, 3.05) is 12.4 Å². The summed E-state index contributed by atoms with van der Waals surface area (Å²) in [7, 11) is 2.00. The molecule has 0 atom stereocenters. The molecular formula is C22H35N. The molecule has 1 heteroatoms. The summed E-state index contributed by atoms with van der Waals surface area (Å²) in [5.41, 5.74) is 2.79. The van der Waals surface area contributed by atoms with Gasteiger partial charge in [-0.1, -0.05) is 44.7 Å². The van der Waals surface area contributed by atoms with Crippen molar-refractivity contribution in [1.29, 1.82) is 0 Å². The molecular weight excluding hydrogens is 278 g/mol. The van der Waals surface area contributed by atoms with E-state index in [1.807, 2.05) is 7.05 Å². The lowest BCUT2D eigenvalue weighted by atomic mass is 9.68. The molecule has 1 N–H and O–H groups in total. The average molecular weight is 314 g/mol. The Kier molecular flexibility index (Phi) is 6.02. The van der Waals surface area contributed by atoms with Crippen molar-refractivity contribution >= 4 is 5.69 Å². The Hall–Kier alpha value is -0.980. The van der Waals surface area contributed by atoms with Crippen molar-refractivity contribution in [3.63, 3.8) is 0 Å². The monoisotopic (exact) mass is 313 g/mol. The van der Waals surface area contributed by atoms with Crippen molar-refractivity contribution in [2.45, 2.75) is 77.0 Å². The fourth-order valence-electron chi connectivity index (χ4n) is 5.20. The molecule has 0 heterocycles. The molecule has 0 aliphatic heterocycles. The highest BCUT2D eigenvalue weighted by atomic mass is 14.8. The number of nitrogens with one attached hydrogen (secondary N) is 1. The van der Waals surface area contributed by atoms with E-state index in [4.69, 9.17) is 0 Å². The lowest BCUT2D eigenvalue weighted by molar-refractivity contribution is 0.156. The summed E-state index contributed by atoms with van der Waals surface area (Å²) < 4.78 is 0.